The zero-order chi connectivity index (χ0) is 38.6. The molecule has 0 aliphatic heterocycles. The minimum Gasteiger partial charge on any atom is -0.491 e. The summed E-state index contributed by atoms with van der Waals surface area (Å²) >= 11 is 3.53. The third-order valence-electron chi connectivity index (χ3n) is 8.35. The number of pyridine rings is 1. The molecule has 1 aliphatic rings. The van der Waals surface area contributed by atoms with Crippen LogP contribution in [0, 0.1) is 16.2 Å². The summed E-state index contributed by atoms with van der Waals surface area (Å²) < 4.78 is 13.6. The predicted octanol–water partition coefficient (Wildman–Crippen LogP) is 6.66. The van der Waals surface area contributed by atoms with Gasteiger partial charge in [-0.2, -0.15) is 12.6 Å². The Morgan fingerprint density at radius 2 is 1.73 bits per heavy atom. The van der Waals surface area contributed by atoms with Crippen LogP contribution in [-0.4, -0.2) is 64.0 Å². The van der Waals surface area contributed by atoms with Crippen LogP contribution in [0.1, 0.15) is 84.6 Å². The number of ether oxygens (including phenoxy) is 2. The molecule has 13 heteroatoms. The smallest absolute Gasteiger partial charge is 0.320 e. The molecule has 2 unspecified atom stereocenters. The zero-order valence-corrected chi connectivity index (χ0v) is 32.5. The molecule has 0 spiro atoms. The number of amides is 2. The van der Waals surface area contributed by atoms with Crippen LogP contribution in [0.5, 0.6) is 11.5 Å². The summed E-state index contributed by atoms with van der Waals surface area (Å²) in [5.74, 6) is 1.58. The quantitative estimate of drug-likeness (QED) is 0.0698. The number of nitrogens with two attached hydrogens (primary N) is 1. The van der Waals surface area contributed by atoms with Gasteiger partial charge < -0.3 is 30.5 Å². The molecule has 0 radical (unpaired) electrons. The highest BCUT2D eigenvalue weighted by atomic mass is 32.1. The number of rotatable bonds is 10. The maximum atomic E-state index is 13.5. The number of nitrogens with one attached hydrogen (secondary N) is 4. The molecule has 1 aliphatic carbocycles. The molecule has 1 heterocycles. The van der Waals surface area contributed by atoms with E-state index in [1.165, 1.54) is 4.57 Å². The monoisotopic (exact) mass is 732 g/mol. The molecule has 2 aromatic carbocycles. The number of fused-ring (bicyclic) bond motifs is 1. The third kappa shape index (κ3) is 11.4. The van der Waals surface area contributed by atoms with Gasteiger partial charge in [-0.1, -0.05) is 51.1 Å². The van der Waals surface area contributed by atoms with E-state index in [1.54, 1.807) is 54.9 Å². The van der Waals surface area contributed by atoms with Gasteiger partial charge in [0, 0.05) is 35.3 Å². The number of thiol groups is 1. The number of carbonyl (C=O) groups is 1. The van der Waals surface area contributed by atoms with Crippen molar-refractivity contribution >= 4 is 36.1 Å². The highest BCUT2D eigenvalue weighted by Gasteiger charge is 2.30. The van der Waals surface area contributed by atoms with E-state index in [9.17, 15) is 4.79 Å². The van der Waals surface area contributed by atoms with E-state index in [2.05, 4.69) is 28.3 Å². The van der Waals surface area contributed by atoms with Crippen molar-refractivity contribution in [1.82, 2.24) is 20.1 Å². The lowest BCUT2D eigenvalue weighted by Gasteiger charge is -2.34. The van der Waals surface area contributed by atoms with Gasteiger partial charge in [-0.05, 0) is 82.2 Å². The van der Waals surface area contributed by atoms with E-state index in [4.69, 9.17) is 31.1 Å². The third-order valence-corrected chi connectivity index (χ3v) is 8.35. The summed E-state index contributed by atoms with van der Waals surface area (Å²) in [7, 11) is 0. The molecule has 3 aromatic rings. The van der Waals surface area contributed by atoms with Crippen molar-refractivity contribution in [3.63, 3.8) is 0 Å². The second kappa shape index (κ2) is 19.2. The van der Waals surface area contributed by atoms with E-state index < -0.39 is 6.03 Å². The Hall–Kier alpha value is -4.75. The van der Waals surface area contributed by atoms with Gasteiger partial charge in [-0.3, -0.25) is 20.7 Å². The Balaban J connectivity index is 0.00000358. The average molecular weight is 733 g/mol. The first-order valence-electron chi connectivity index (χ1n) is 17.5. The maximum absolute atomic E-state index is 13.5. The largest absolute Gasteiger partial charge is 0.491 e. The lowest BCUT2D eigenvalue weighted by molar-refractivity contribution is 0.170. The van der Waals surface area contributed by atoms with Crippen LogP contribution in [0.25, 0.3) is 0 Å². The lowest BCUT2D eigenvalue weighted by Crippen LogP contribution is -2.47. The fraction of sp³-hybridized carbons (Fsp3) is 0.436. The molecule has 12 nitrogen and oxygen atoms in total. The molecule has 4 rings (SSSR count). The van der Waals surface area contributed by atoms with Crippen LogP contribution in [-0.2, 0) is 0 Å². The average Bonchev–Trinajstić information content (AvgIpc) is 3.09. The van der Waals surface area contributed by atoms with E-state index in [1.807, 2.05) is 77.6 Å². The van der Waals surface area contributed by atoms with Gasteiger partial charge in [0.05, 0.1) is 24.5 Å². The number of aliphatic hydroxyl groups is 1. The Morgan fingerprint density at radius 1 is 1.06 bits per heavy atom. The van der Waals surface area contributed by atoms with E-state index in [0.717, 1.165) is 11.1 Å². The number of hydrogen-bond acceptors (Lipinski definition) is 9. The van der Waals surface area contributed by atoms with Crippen molar-refractivity contribution in [2.75, 3.05) is 19.5 Å². The van der Waals surface area contributed by atoms with Gasteiger partial charge in [0.2, 0.25) is 5.96 Å². The topological polar surface area (TPSA) is 174 Å². The Kier molecular flexibility index (Phi) is 15.4. The number of urea groups is 1. The second-order valence-electron chi connectivity index (χ2n) is 13.9. The fourth-order valence-electron chi connectivity index (χ4n) is 5.84. The van der Waals surface area contributed by atoms with Gasteiger partial charge in [0.15, 0.2) is 0 Å². The van der Waals surface area contributed by atoms with Crippen molar-refractivity contribution in [2.45, 2.75) is 85.5 Å². The fourth-order valence-corrected chi connectivity index (χ4v) is 5.84. The number of amidine groups is 1. The number of carbonyl (C=O) groups excluding carboxylic acids is 1. The molecule has 0 bridgehead atoms. The maximum Gasteiger partial charge on any atom is 0.320 e. The standard InChI is InChI=1S/C38H52N8O4.CH4S/c1-24(2)46(25(3)4)36(41)45-23-28(15-18-34(45)40)50-32-17-16-31(29-13-8-9-14-30(29)32)43-37(48)44-35(22-33(39)38(5,6)7)42-26-11-10-12-27(21-26)49-20-19-47;1-2/h8-15,18,21-25,31-32,40-41,47H,16-17,19-20,39H2,1-7H3,(H2,42,43,44,48);2H,1H3/b33-22-,40-34?,41-36?;. The predicted molar refractivity (Wildman–Crippen MR) is 212 cm³/mol. The van der Waals surface area contributed by atoms with Crippen LogP contribution in [0.4, 0.5) is 10.5 Å². The number of allylic oxidation sites excluding steroid dienone is 1. The first kappa shape index (κ1) is 41.7. The van der Waals surface area contributed by atoms with Crippen molar-refractivity contribution in [3.8, 4) is 11.5 Å². The molecular formula is C39H56N8O4S. The number of aliphatic hydroxyl groups excluding tert-OH is 1. The van der Waals surface area contributed by atoms with Crippen molar-refractivity contribution in [3.05, 3.63) is 95.2 Å². The first-order chi connectivity index (χ1) is 24.7. The zero-order valence-electron chi connectivity index (χ0n) is 31.6. The van der Waals surface area contributed by atoms with Gasteiger partial charge >= 0.3 is 6.03 Å². The summed E-state index contributed by atoms with van der Waals surface area (Å²) in [5, 5.41) is 32.5. The Labute approximate surface area is 313 Å². The normalized spacial score (nSPS) is 16.0. The number of benzene rings is 2. The van der Waals surface area contributed by atoms with Crippen LogP contribution >= 0.6 is 12.6 Å². The molecule has 0 saturated carbocycles. The van der Waals surface area contributed by atoms with Gasteiger partial charge in [0.1, 0.15) is 35.5 Å². The summed E-state index contributed by atoms with van der Waals surface area (Å²) in [6.45, 7) is 14.1. The van der Waals surface area contributed by atoms with Crippen molar-refractivity contribution in [2.24, 2.45) is 16.1 Å². The summed E-state index contributed by atoms with van der Waals surface area (Å²) in [5.41, 5.74) is 9.22. The van der Waals surface area contributed by atoms with Crippen molar-refractivity contribution in [1.29, 1.82) is 10.8 Å². The molecule has 0 fully saturated rings. The number of aliphatic imine (C=N–C) groups is 1. The summed E-state index contributed by atoms with van der Waals surface area (Å²) in [6.07, 6.45) is 6.02. The van der Waals surface area contributed by atoms with Crippen LogP contribution in [0.3, 0.4) is 0 Å². The second-order valence-corrected chi connectivity index (χ2v) is 13.9. The summed E-state index contributed by atoms with van der Waals surface area (Å²) in [4.78, 5) is 20.1. The van der Waals surface area contributed by atoms with E-state index >= 15 is 0 Å². The number of aromatic nitrogens is 1. The van der Waals surface area contributed by atoms with Crippen LogP contribution < -0.4 is 31.3 Å². The number of nitrogens with zero attached hydrogens (tertiary/aromatic N) is 3. The number of hydrogen-bond donors (Lipinski definition) is 7. The van der Waals surface area contributed by atoms with E-state index in [-0.39, 0.29) is 60.1 Å². The van der Waals surface area contributed by atoms with Gasteiger partial charge in [0.25, 0.3) is 0 Å². The Bertz CT molecular complexity index is 1770. The highest BCUT2D eigenvalue weighted by molar-refractivity contribution is 7.79. The molecule has 282 valence electrons. The molecule has 0 saturated heterocycles. The molecule has 1 aromatic heterocycles. The minimum atomic E-state index is -0.431. The Morgan fingerprint density at radius 3 is 2.37 bits per heavy atom. The molecule has 2 atom stereocenters. The van der Waals surface area contributed by atoms with Gasteiger partial charge in [-0.15, -0.1) is 0 Å². The lowest BCUT2D eigenvalue weighted by atomic mass is 9.85. The molecule has 52 heavy (non-hydrogen) atoms. The molecule has 2 amide bonds. The minimum absolute atomic E-state index is 0.0863. The van der Waals surface area contributed by atoms with Crippen molar-refractivity contribution < 1.29 is 19.4 Å². The van der Waals surface area contributed by atoms with Crippen LogP contribution in [0.15, 0.2) is 83.6 Å². The molecular weight excluding hydrogens is 677 g/mol. The first-order valence-corrected chi connectivity index (χ1v) is 18.4. The van der Waals surface area contributed by atoms with Crippen LogP contribution in [0.2, 0.25) is 0 Å². The summed E-state index contributed by atoms with van der Waals surface area (Å²) in [6, 6.07) is 17.8. The van der Waals surface area contributed by atoms with E-state index in [0.29, 0.717) is 35.7 Å². The van der Waals surface area contributed by atoms with Gasteiger partial charge in [-0.25, -0.2) is 9.79 Å². The SMILES string of the molecule is CC(C)N(C(=N)n1cc(OC2CCC(NC(=O)NC(/C=C(\N)C(C)(C)C)=Nc3cccc(OCCO)c3)c3ccccc32)ccc1=N)C(C)C.CS. The highest BCUT2D eigenvalue weighted by Crippen LogP contribution is 2.38. The molecule has 7 N–H and O–H groups in total.